The molecule has 0 atom stereocenters. The van der Waals surface area contributed by atoms with Gasteiger partial charge in [-0.25, -0.2) is 9.78 Å². The molecular weight excluding hydrogens is 310 g/mol. The zero-order valence-corrected chi connectivity index (χ0v) is 14.1. The van der Waals surface area contributed by atoms with E-state index in [4.69, 9.17) is 4.74 Å². The number of aryl methyl sites for hydroxylation is 2. The number of thiazole rings is 1. The van der Waals surface area contributed by atoms with Gasteiger partial charge in [0.15, 0.2) is 5.69 Å². The zero-order valence-electron chi connectivity index (χ0n) is 13.2. The molecule has 1 aromatic carbocycles. The van der Waals surface area contributed by atoms with Gasteiger partial charge in [-0.15, -0.1) is 11.3 Å². The molecule has 0 unspecified atom stereocenters. The Labute approximate surface area is 138 Å². The molecule has 118 valence electrons. The highest BCUT2D eigenvalue weighted by Gasteiger charge is 2.16. The second-order valence-electron chi connectivity index (χ2n) is 5.13. The van der Waals surface area contributed by atoms with Gasteiger partial charge < -0.3 is 4.74 Å². The van der Waals surface area contributed by atoms with Gasteiger partial charge in [0.05, 0.1) is 12.3 Å². The van der Waals surface area contributed by atoms with Gasteiger partial charge in [0.1, 0.15) is 5.01 Å². The Balaban J connectivity index is 1.97. The summed E-state index contributed by atoms with van der Waals surface area (Å²) in [5, 5.41) is 7.21. The smallest absolute Gasteiger partial charge is 0.358 e. The molecule has 0 N–H and O–H groups in total. The van der Waals surface area contributed by atoms with Crippen LogP contribution in [0.1, 0.15) is 23.0 Å². The van der Waals surface area contributed by atoms with Crippen molar-refractivity contribution in [2.24, 2.45) is 7.05 Å². The summed E-state index contributed by atoms with van der Waals surface area (Å²) >= 11 is 1.61. The van der Waals surface area contributed by atoms with Crippen LogP contribution in [0.2, 0.25) is 0 Å². The Hall–Kier alpha value is -2.47. The third-order valence-electron chi connectivity index (χ3n) is 3.55. The Bertz CT molecular complexity index is 838. The van der Waals surface area contributed by atoms with Crippen molar-refractivity contribution in [1.82, 2.24) is 14.8 Å². The summed E-state index contributed by atoms with van der Waals surface area (Å²) in [7, 11) is 1.83. The minimum absolute atomic E-state index is 0.327. The topological polar surface area (TPSA) is 57.0 Å². The maximum Gasteiger partial charge on any atom is 0.358 e. The number of ether oxygens (including phenoxy) is 1. The van der Waals surface area contributed by atoms with Crippen LogP contribution in [-0.2, 0) is 11.8 Å². The molecule has 0 aliphatic carbocycles. The van der Waals surface area contributed by atoms with Gasteiger partial charge in [-0.1, -0.05) is 12.1 Å². The molecule has 0 radical (unpaired) electrons. The minimum atomic E-state index is -0.397. The number of rotatable bonds is 4. The molecule has 6 heteroatoms. The fraction of sp³-hybridized carbons (Fsp3) is 0.235. The van der Waals surface area contributed by atoms with E-state index in [-0.39, 0.29) is 0 Å². The molecule has 2 heterocycles. The lowest BCUT2D eigenvalue weighted by atomic mass is 10.0. The van der Waals surface area contributed by atoms with Crippen molar-refractivity contribution in [3.05, 3.63) is 47.1 Å². The Morgan fingerprint density at radius 3 is 2.83 bits per heavy atom. The van der Waals surface area contributed by atoms with Gasteiger partial charge in [0.2, 0.25) is 0 Å². The van der Waals surface area contributed by atoms with Gasteiger partial charge in [-0.05, 0) is 31.5 Å². The maximum atomic E-state index is 11.8. The summed E-state index contributed by atoms with van der Waals surface area (Å²) in [6.07, 6.45) is 1.80. The molecule has 0 bridgehead atoms. The average molecular weight is 327 g/mol. The number of carbonyl (C=O) groups excluding carboxylic acids is 1. The van der Waals surface area contributed by atoms with Crippen molar-refractivity contribution >= 4 is 17.3 Å². The monoisotopic (exact) mass is 327 g/mol. The lowest BCUT2D eigenvalue weighted by Crippen LogP contribution is -2.05. The average Bonchev–Trinajstić information content (AvgIpc) is 3.17. The van der Waals surface area contributed by atoms with E-state index in [0.717, 1.165) is 27.4 Å². The largest absolute Gasteiger partial charge is 0.461 e. The van der Waals surface area contributed by atoms with Crippen molar-refractivity contribution in [1.29, 1.82) is 0 Å². The predicted octanol–water partition coefficient (Wildman–Crippen LogP) is 3.70. The van der Waals surface area contributed by atoms with Crippen molar-refractivity contribution in [2.75, 3.05) is 6.61 Å². The van der Waals surface area contributed by atoms with Crippen LogP contribution in [0, 0.1) is 6.92 Å². The Morgan fingerprint density at radius 1 is 1.35 bits per heavy atom. The van der Waals surface area contributed by atoms with Crippen LogP contribution in [-0.4, -0.2) is 27.3 Å². The molecule has 0 saturated heterocycles. The van der Waals surface area contributed by atoms with E-state index < -0.39 is 5.97 Å². The summed E-state index contributed by atoms with van der Waals surface area (Å²) in [5.41, 5.74) is 4.45. The van der Waals surface area contributed by atoms with Crippen LogP contribution in [0.5, 0.6) is 0 Å². The number of benzene rings is 1. The Morgan fingerprint density at radius 2 is 2.17 bits per heavy atom. The fourth-order valence-corrected chi connectivity index (χ4v) is 3.11. The SMILES string of the molecule is CCOC(=O)c1cc(-c2ccc(-c3nccs3)cc2C)n(C)n1. The van der Waals surface area contributed by atoms with Crippen molar-refractivity contribution < 1.29 is 9.53 Å². The number of esters is 1. The van der Waals surface area contributed by atoms with Crippen LogP contribution in [0.3, 0.4) is 0 Å². The van der Waals surface area contributed by atoms with Crippen molar-refractivity contribution in [3.63, 3.8) is 0 Å². The first-order valence-electron chi connectivity index (χ1n) is 7.32. The molecule has 3 rings (SSSR count). The van der Waals surface area contributed by atoms with E-state index in [9.17, 15) is 4.79 Å². The molecule has 0 saturated carbocycles. The summed E-state index contributed by atoms with van der Waals surface area (Å²) in [5.74, 6) is -0.397. The van der Waals surface area contributed by atoms with E-state index in [0.29, 0.717) is 12.3 Å². The molecule has 3 aromatic rings. The maximum absolute atomic E-state index is 11.8. The van der Waals surface area contributed by atoms with E-state index >= 15 is 0 Å². The van der Waals surface area contributed by atoms with Gasteiger partial charge in [-0.3, -0.25) is 4.68 Å². The van der Waals surface area contributed by atoms with E-state index in [1.807, 2.05) is 31.5 Å². The Kier molecular flexibility index (Phi) is 4.25. The second-order valence-corrected chi connectivity index (χ2v) is 6.02. The first-order chi connectivity index (χ1) is 11.1. The molecule has 2 aromatic heterocycles. The molecular formula is C17H17N3O2S. The number of aromatic nitrogens is 3. The predicted molar refractivity (Wildman–Crippen MR) is 90.4 cm³/mol. The molecule has 0 aliphatic rings. The highest BCUT2D eigenvalue weighted by molar-refractivity contribution is 7.13. The number of carbonyl (C=O) groups is 1. The quantitative estimate of drug-likeness (QED) is 0.686. The summed E-state index contributed by atoms with van der Waals surface area (Å²) in [6.45, 7) is 4.17. The summed E-state index contributed by atoms with van der Waals surface area (Å²) < 4.78 is 6.71. The van der Waals surface area contributed by atoms with E-state index in [1.165, 1.54) is 0 Å². The lowest BCUT2D eigenvalue weighted by molar-refractivity contribution is 0.0518. The van der Waals surface area contributed by atoms with Gasteiger partial charge in [-0.2, -0.15) is 5.10 Å². The highest BCUT2D eigenvalue weighted by Crippen LogP contribution is 2.29. The second kappa shape index (κ2) is 6.34. The first kappa shape index (κ1) is 15.4. The highest BCUT2D eigenvalue weighted by atomic mass is 32.1. The molecule has 23 heavy (non-hydrogen) atoms. The summed E-state index contributed by atoms with van der Waals surface area (Å²) in [6, 6.07) is 7.95. The molecule has 0 amide bonds. The van der Waals surface area contributed by atoms with Crippen molar-refractivity contribution in [3.8, 4) is 21.8 Å². The lowest BCUT2D eigenvalue weighted by Gasteiger charge is -2.07. The van der Waals surface area contributed by atoms with Gasteiger partial charge in [0.25, 0.3) is 0 Å². The van der Waals surface area contributed by atoms with Crippen LogP contribution in [0.25, 0.3) is 21.8 Å². The van der Waals surface area contributed by atoms with Crippen LogP contribution < -0.4 is 0 Å². The molecule has 0 fully saturated rings. The number of nitrogens with zero attached hydrogens (tertiary/aromatic N) is 3. The first-order valence-corrected chi connectivity index (χ1v) is 8.20. The van der Waals surface area contributed by atoms with E-state index in [1.54, 1.807) is 35.2 Å². The third kappa shape index (κ3) is 3.03. The standard InChI is InChI=1S/C17H17N3O2S/c1-4-22-17(21)14-10-15(20(3)19-14)13-6-5-12(9-11(13)2)16-18-7-8-23-16/h5-10H,4H2,1-3H3. The van der Waals surface area contributed by atoms with E-state index in [2.05, 4.69) is 16.1 Å². The van der Waals surface area contributed by atoms with Gasteiger partial charge in [0, 0.05) is 29.8 Å². The van der Waals surface area contributed by atoms with Crippen LogP contribution >= 0.6 is 11.3 Å². The third-order valence-corrected chi connectivity index (χ3v) is 4.37. The molecule has 0 spiro atoms. The fourth-order valence-electron chi connectivity index (χ4n) is 2.47. The summed E-state index contributed by atoms with van der Waals surface area (Å²) in [4.78, 5) is 16.2. The minimum Gasteiger partial charge on any atom is -0.461 e. The van der Waals surface area contributed by atoms with Crippen LogP contribution in [0.4, 0.5) is 0 Å². The van der Waals surface area contributed by atoms with Crippen LogP contribution in [0.15, 0.2) is 35.8 Å². The normalized spacial score (nSPS) is 10.7. The molecule has 0 aliphatic heterocycles. The molecule has 5 nitrogen and oxygen atoms in total. The van der Waals surface area contributed by atoms with Gasteiger partial charge >= 0.3 is 5.97 Å². The zero-order chi connectivity index (χ0) is 16.4. The number of hydrogen-bond donors (Lipinski definition) is 0. The number of hydrogen-bond acceptors (Lipinski definition) is 5. The van der Waals surface area contributed by atoms with Crippen molar-refractivity contribution in [2.45, 2.75) is 13.8 Å².